The van der Waals surface area contributed by atoms with Crippen LogP contribution in [0, 0.1) is 11.3 Å². The van der Waals surface area contributed by atoms with Crippen molar-refractivity contribution in [1.29, 1.82) is 5.26 Å². The minimum absolute atomic E-state index is 0.145. The molecule has 0 aliphatic carbocycles. The number of hydrogen-bond donors (Lipinski definition) is 1. The lowest BCUT2D eigenvalue weighted by Crippen LogP contribution is -2.01. The Kier molecular flexibility index (Phi) is 2.75. The zero-order chi connectivity index (χ0) is 11.5. The average molecular weight is 234 g/mol. The Bertz CT molecular complexity index is 555. The maximum absolute atomic E-state index is 8.58. The van der Waals surface area contributed by atoms with Gasteiger partial charge in [-0.05, 0) is 17.7 Å². The zero-order valence-electron chi connectivity index (χ0n) is 8.26. The summed E-state index contributed by atoms with van der Waals surface area (Å²) < 4.78 is 1.55. The van der Waals surface area contributed by atoms with Crippen LogP contribution in [0.1, 0.15) is 11.4 Å². The Hall–Kier alpha value is -2.06. The molecule has 6 heteroatoms. The average Bonchev–Trinajstić information content (AvgIpc) is 2.70. The second-order valence-electron chi connectivity index (χ2n) is 3.23. The van der Waals surface area contributed by atoms with Crippen molar-refractivity contribution in [3.05, 3.63) is 40.9 Å². The van der Waals surface area contributed by atoms with Crippen molar-refractivity contribution in [3.63, 3.8) is 0 Å². The minimum atomic E-state index is 0.145. The third-order valence-corrected chi connectivity index (χ3v) is 2.40. The molecule has 0 bridgehead atoms. The number of nitrogens with two attached hydrogens (primary N) is 1. The number of benzene rings is 1. The van der Waals surface area contributed by atoms with Crippen molar-refractivity contribution in [1.82, 2.24) is 14.8 Å². The van der Waals surface area contributed by atoms with E-state index in [4.69, 9.17) is 22.6 Å². The first kappa shape index (κ1) is 10.5. The minimum Gasteiger partial charge on any atom is -0.399 e. The van der Waals surface area contributed by atoms with E-state index in [2.05, 4.69) is 10.1 Å². The van der Waals surface area contributed by atoms with Gasteiger partial charge >= 0.3 is 0 Å². The van der Waals surface area contributed by atoms with Crippen molar-refractivity contribution in [2.45, 2.75) is 6.54 Å². The predicted molar refractivity (Wildman–Crippen MR) is 59.7 cm³/mol. The first-order valence-corrected chi connectivity index (χ1v) is 4.90. The Balaban J connectivity index is 2.24. The fourth-order valence-electron chi connectivity index (χ4n) is 1.29. The zero-order valence-corrected chi connectivity index (χ0v) is 9.02. The number of anilines is 1. The van der Waals surface area contributed by atoms with Crippen molar-refractivity contribution in [3.8, 4) is 6.07 Å². The Labute approximate surface area is 97.1 Å². The van der Waals surface area contributed by atoms with Gasteiger partial charge in [0.15, 0.2) is 0 Å². The van der Waals surface area contributed by atoms with E-state index < -0.39 is 0 Å². The van der Waals surface area contributed by atoms with E-state index in [0.717, 1.165) is 5.56 Å². The van der Waals surface area contributed by atoms with Gasteiger partial charge < -0.3 is 5.73 Å². The van der Waals surface area contributed by atoms with Gasteiger partial charge in [-0.3, -0.25) is 0 Å². The molecule has 5 nitrogen and oxygen atoms in total. The quantitative estimate of drug-likeness (QED) is 0.796. The third kappa shape index (κ3) is 2.12. The summed E-state index contributed by atoms with van der Waals surface area (Å²) in [5.74, 6) is 0.145. The number of nitrogens with zero attached hydrogens (tertiary/aromatic N) is 4. The maximum atomic E-state index is 8.58. The van der Waals surface area contributed by atoms with Crippen LogP contribution in [0.4, 0.5) is 5.69 Å². The summed E-state index contributed by atoms with van der Waals surface area (Å²) >= 11 is 6.01. The lowest BCUT2D eigenvalue weighted by Gasteiger charge is -2.04. The van der Waals surface area contributed by atoms with E-state index in [0.29, 0.717) is 17.3 Å². The van der Waals surface area contributed by atoms with Crippen LogP contribution in [0.3, 0.4) is 0 Å². The van der Waals surface area contributed by atoms with E-state index in [9.17, 15) is 0 Å². The van der Waals surface area contributed by atoms with Crippen molar-refractivity contribution in [2.75, 3.05) is 5.73 Å². The predicted octanol–water partition coefficient (Wildman–Crippen LogP) is 1.43. The summed E-state index contributed by atoms with van der Waals surface area (Å²) in [6.45, 7) is 0.466. The molecule has 0 aliphatic rings. The third-order valence-electron chi connectivity index (χ3n) is 2.05. The van der Waals surface area contributed by atoms with E-state index in [1.165, 1.54) is 6.33 Å². The smallest absolute Gasteiger partial charge is 0.252 e. The molecule has 0 saturated carbocycles. The molecule has 0 aliphatic heterocycles. The Morgan fingerprint density at radius 1 is 1.50 bits per heavy atom. The fraction of sp³-hybridized carbons (Fsp3) is 0.100. The molecule has 0 amide bonds. The SMILES string of the molecule is N#Cc1ncn(Cc2ccc(N)cc2Cl)n1. The van der Waals surface area contributed by atoms with Crippen LogP contribution in [0.5, 0.6) is 0 Å². The van der Waals surface area contributed by atoms with Gasteiger partial charge in [-0.15, -0.1) is 5.10 Å². The summed E-state index contributed by atoms with van der Waals surface area (Å²) in [5, 5.41) is 13.1. The molecule has 16 heavy (non-hydrogen) atoms. The summed E-state index contributed by atoms with van der Waals surface area (Å²) in [6.07, 6.45) is 1.49. The Morgan fingerprint density at radius 2 is 2.31 bits per heavy atom. The van der Waals surface area contributed by atoms with Gasteiger partial charge in [0.25, 0.3) is 5.82 Å². The molecule has 1 aromatic carbocycles. The lowest BCUT2D eigenvalue weighted by atomic mass is 10.2. The van der Waals surface area contributed by atoms with Gasteiger partial charge in [0, 0.05) is 10.7 Å². The molecule has 0 saturated heterocycles. The van der Waals surface area contributed by atoms with E-state index in [1.54, 1.807) is 16.8 Å². The fourth-order valence-corrected chi connectivity index (χ4v) is 1.54. The topological polar surface area (TPSA) is 80.5 Å². The highest BCUT2D eigenvalue weighted by atomic mass is 35.5. The summed E-state index contributed by atoms with van der Waals surface area (Å²) in [6, 6.07) is 7.13. The van der Waals surface area contributed by atoms with Gasteiger partial charge in [0.1, 0.15) is 12.4 Å². The lowest BCUT2D eigenvalue weighted by molar-refractivity contribution is 0.682. The number of nitrogen functional groups attached to an aromatic ring is 1. The Morgan fingerprint density at radius 3 is 2.94 bits per heavy atom. The highest BCUT2D eigenvalue weighted by Gasteiger charge is 2.04. The van der Waals surface area contributed by atoms with Crippen LogP contribution in [0.25, 0.3) is 0 Å². The number of rotatable bonds is 2. The van der Waals surface area contributed by atoms with Crippen molar-refractivity contribution < 1.29 is 0 Å². The molecule has 2 rings (SSSR count). The molecule has 80 valence electrons. The van der Waals surface area contributed by atoms with E-state index in [-0.39, 0.29) is 5.82 Å². The molecule has 1 aromatic heterocycles. The van der Waals surface area contributed by atoms with Crippen LogP contribution in [0.15, 0.2) is 24.5 Å². The summed E-state index contributed by atoms with van der Waals surface area (Å²) in [4.78, 5) is 3.80. The van der Waals surface area contributed by atoms with Gasteiger partial charge in [-0.1, -0.05) is 17.7 Å². The molecule has 1 heterocycles. The van der Waals surface area contributed by atoms with E-state index >= 15 is 0 Å². The second-order valence-corrected chi connectivity index (χ2v) is 3.64. The van der Waals surface area contributed by atoms with Gasteiger partial charge in [-0.2, -0.15) is 5.26 Å². The largest absolute Gasteiger partial charge is 0.399 e. The van der Waals surface area contributed by atoms with Crippen LogP contribution < -0.4 is 5.73 Å². The molecule has 2 aromatic rings. The molecule has 0 fully saturated rings. The second kappa shape index (κ2) is 4.21. The standard InChI is InChI=1S/C10H8ClN5/c11-9-3-8(13)2-1-7(9)5-16-6-14-10(4-12)15-16/h1-3,6H,5,13H2. The summed E-state index contributed by atoms with van der Waals surface area (Å²) in [5.41, 5.74) is 7.08. The van der Waals surface area contributed by atoms with Crippen LogP contribution in [-0.2, 0) is 6.54 Å². The van der Waals surface area contributed by atoms with Crippen LogP contribution in [0.2, 0.25) is 5.02 Å². The number of aromatic nitrogens is 3. The monoisotopic (exact) mass is 233 g/mol. The maximum Gasteiger partial charge on any atom is 0.252 e. The highest BCUT2D eigenvalue weighted by Crippen LogP contribution is 2.19. The molecule has 2 N–H and O–H groups in total. The normalized spacial score (nSPS) is 10.0. The van der Waals surface area contributed by atoms with Crippen LogP contribution >= 0.6 is 11.6 Å². The number of hydrogen-bond acceptors (Lipinski definition) is 4. The molecule has 0 atom stereocenters. The molecular weight excluding hydrogens is 226 g/mol. The number of halogens is 1. The first-order valence-electron chi connectivity index (χ1n) is 4.52. The van der Waals surface area contributed by atoms with Crippen LogP contribution in [-0.4, -0.2) is 14.8 Å². The summed E-state index contributed by atoms with van der Waals surface area (Å²) in [7, 11) is 0. The highest BCUT2D eigenvalue weighted by molar-refractivity contribution is 6.31. The van der Waals surface area contributed by atoms with Crippen molar-refractivity contribution >= 4 is 17.3 Å². The molecule has 0 unspecified atom stereocenters. The number of nitriles is 1. The van der Waals surface area contributed by atoms with Gasteiger partial charge in [0.2, 0.25) is 0 Å². The molecule has 0 spiro atoms. The van der Waals surface area contributed by atoms with Crippen molar-refractivity contribution in [2.24, 2.45) is 0 Å². The first-order chi connectivity index (χ1) is 7.69. The molecule has 0 radical (unpaired) electrons. The van der Waals surface area contributed by atoms with Gasteiger partial charge in [-0.25, -0.2) is 9.67 Å². The molecular formula is C10H8ClN5. The van der Waals surface area contributed by atoms with E-state index in [1.807, 2.05) is 12.1 Å². The van der Waals surface area contributed by atoms with Gasteiger partial charge in [0.05, 0.1) is 6.54 Å².